The largest absolute Gasteiger partial charge is 0.363 e. The molecule has 0 bridgehead atoms. The van der Waals surface area contributed by atoms with Gasteiger partial charge in [-0.2, -0.15) is 0 Å². The van der Waals surface area contributed by atoms with Crippen LogP contribution >= 0.6 is 27.9 Å². The van der Waals surface area contributed by atoms with Gasteiger partial charge in [-0.25, -0.2) is 9.29 Å². The van der Waals surface area contributed by atoms with Crippen molar-refractivity contribution in [2.24, 2.45) is 0 Å². The molecule has 2 aromatic carbocycles. The molecule has 2 heterocycles. The number of hydrogen-bond donors (Lipinski definition) is 1. The molecule has 0 fully saturated rings. The maximum Gasteiger partial charge on any atom is 0.0923 e. The Labute approximate surface area is 166 Å². The number of rotatable bonds is 5. The lowest BCUT2D eigenvalue weighted by Gasteiger charge is -2.23. The van der Waals surface area contributed by atoms with Gasteiger partial charge in [-0.05, 0) is 42.1 Å². The Morgan fingerprint density at radius 1 is 1.12 bits per heavy atom. The molecule has 1 aromatic heterocycles. The minimum Gasteiger partial charge on any atom is -0.363 e. The molecule has 6 heteroatoms. The molecule has 3 aromatic rings. The quantitative estimate of drug-likeness (QED) is 0.594. The Kier molecular flexibility index (Phi) is 5.62. The predicted molar refractivity (Wildman–Crippen MR) is 111 cm³/mol. The first-order valence-corrected chi connectivity index (χ1v) is 10.3. The zero-order chi connectivity index (χ0) is 17.8. The molecule has 0 spiro atoms. The fraction of sp³-hybridized carbons (Fsp3) is 0.250. The van der Waals surface area contributed by atoms with Crippen LogP contribution in [0.4, 0.5) is 5.69 Å². The number of halogens is 1. The highest BCUT2D eigenvalue weighted by Gasteiger charge is 2.21. The molecule has 4 rings (SSSR count). The average molecular weight is 429 g/mol. The van der Waals surface area contributed by atoms with Crippen LogP contribution in [0.1, 0.15) is 11.3 Å². The van der Waals surface area contributed by atoms with Gasteiger partial charge in [0.15, 0.2) is 0 Å². The molecule has 1 aliphatic rings. The van der Waals surface area contributed by atoms with Crippen LogP contribution in [0.25, 0.3) is 0 Å². The number of nitrogens with one attached hydrogen (secondary N) is 1. The van der Waals surface area contributed by atoms with E-state index in [2.05, 4.69) is 83.6 Å². The normalized spacial score (nSPS) is 14.9. The third-order valence-corrected chi connectivity index (χ3v) is 6.15. The van der Waals surface area contributed by atoms with E-state index in [1.807, 2.05) is 18.1 Å². The van der Waals surface area contributed by atoms with Crippen molar-refractivity contribution in [3.05, 3.63) is 76.8 Å². The first kappa shape index (κ1) is 17.6. The second-order valence-electron chi connectivity index (χ2n) is 6.35. The maximum absolute atomic E-state index is 4.40. The van der Waals surface area contributed by atoms with Crippen LogP contribution in [0.15, 0.2) is 70.4 Å². The van der Waals surface area contributed by atoms with Crippen LogP contribution in [0, 0.1) is 0 Å². The summed E-state index contributed by atoms with van der Waals surface area (Å²) in [5.41, 5.74) is 3.74. The Balaban J connectivity index is 1.51. The van der Waals surface area contributed by atoms with Gasteiger partial charge in [0.2, 0.25) is 0 Å². The van der Waals surface area contributed by atoms with Gasteiger partial charge in [0.1, 0.15) is 0 Å². The van der Waals surface area contributed by atoms with Crippen LogP contribution in [0.3, 0.4) is 0 Å². The molecule has 0 saturated heterocycles. The van der Waals surface area contributed by atoms with Crippen molar-refractivity contribution in [2.45, 2.75) is 17.9 Å². The molecule has 1 aliphatic heterocycles. The smallest absolute Gasteiger partial charge is 0.0923 e. The summed E-state index contributed by atoms with van der Waals surface area (Å²) in [5.74, 6) is 0. The van der Waals surface area contributed by atoms with Gasteiger partial charge in [0, 0.05) is 35.2 Å². The fourth-order valence-electron chi connectivity index (χ4n) is 3.15. The van der Waals surface area contributed by atoms with E-state index in [9.17, 15) is 0 Å². The number of hydrogen-bond acceptors (Lipinski definition) is 4. The molecule has 0 unspecified atom stereocenters. The number of fused-ring (bicyclic) bond motifs is 1. The van der Waals surface area contributed by atoms with Crippen molar-refractivity contribution in [2.75, 3.05) is 24.5 Å². The summed E-state index contributed by atoms with van der Waals surface area (Å²) < 4.78 is 3.59. The first-order valence-electron chi connectivity index (χ1n) is 8.77. The Morgan fingerprint density at radius 3 is 2.81 bits per heavy atom. The number of H-pyrrole nitrogens is 1. The highest BCUT2D eigenvalue weighted by atomic mass is 79.9. The monoisotopic (exact) mass is 428 g/mol. The molecule has 134 valence electrons. The van der Waals surface area contributed by atoms with Crippen LogP contribution in [-0.2, 0) is 13.0 Å². The Bertz CT molecular complexity index is 838. The zero-order valence-corrected chi connectivity index (χ0v) is 16.8. The lowest BCUT2D eigenvalue weighted by atomic mass is 10.1. The van der Waals surface area contributed by atoms with Gasteiger partial charge in [-0.1, -0.05) is 46.3 Å². The third kappa shape index (κ3) is 4.31. The highest BCUT2D eigenvalue weighted by Crippen LogP contribution is 2.37. The molecule has 0 saturated carbocycles. The standard InChI is InChI=1S/C20H21BrN4S/c21-17-6-7-19-20(12-17)26-25(9-8-16-4-2-1-3-5-16)11-10-24(19)14-18-13-22-15-23-18/h1-7,12-13,15H,8-11,14H2,(H,22,23). The van der Waals surface area contributed by atoms with Crippen LogP contribution in [0.5, 0.6) is 0 Å². The van der Waals surface area contributed by atoms with E-state index in [-0.39, 0.29) is 0 Å². The number of aromatic amines is 1. The van der Waals surface area contributed by atoms with Gasteiger partial charge in [-0.15, -0.1) is 0 Å². The van der Waals surface area contributed by atoms with E-state index in [1.165, 1.54) is 16.1 Å². The number of nitrogens with zero attached hydrogens (tertiary/aromatic N) is 3. The first-order chi connectivity index (χ1) is 12.8. The van der Waals surface area contributed by atoms with Gasteiger partial charge in [-0.3, -0.25) is 0 Å². The number of aromatic nitrogens is 2. The second-order valence-corrected chi connectivity index (χ2v) is 8.40. The van der Waals surface area contributed by atoms with E-state index in [0.717, 1.165) is 42.8 Å². The summed E-state index contributed by atoms with van der Waals surface area (Å²) in [7, 11) is 0. The Morgan fingerprint density at radius 2 is 2.00 bits per heavy atom. The number of imidazole rings is 1. The molecule has 4 nitrogen and oxygen atoms in total. The highest BCUT2D eigenvalue weighted by molar-refractivity contribution is 9.10. The van der Waals surface area contributed by atoms with E-state index in [1.54, 1.807) is 6.33 Å². The summed E-state index contributed by atoms with van der Waals surface area (Å²) in [5, 5.41) is 0. The zero-order valence-electron chi connectivity index (χ0n) is 14.4. The molecule has 26 heavy (non-hydrogen) atoms. The molecule has 1 N–H and O–H groups in total. The maximum atomic E-state index is 4.40. The second kappa shape index (κ2) is 8.29. The molecular weight excluding hydrogens is 408 g/mol. The average Bonchev–Trinajstić information content (AvgIpc) is 3.11. The molecule has 0 amide bonds. The predicted octanol–water partition coefficient (Wildman–Crippen LogP) is 4.74. The van der Waals surface area contributed by atoms with E-state index >= 15 is 0 Å². The third-order valence-electron chi connectivity index (χ3n) is 4.51. The molecule has 0 aliphatic carbocycles. The minimum absolute atomic E-state index is 0.825. The van der Waals surface area contributed by atoms with Crippen LogP contribution in [0.2, 0.25) is 0 Å². The van der Waals surface area contributed by atoms with Crippen molar-refractivity contribution in [1.82, 2.24) is 14.3 Å². The number of anilines is 1. The molecular formula is C20H21BrN4S. The minimum atomic E-state index is 0.825. The van der Waals surface area contributed by atoms with Crippen molar-refractivity contribution >= 4 is 33.6 Å². The Hall–Kier alpha value is -1.76. The van der Waals surface area contributed by atoms with Crippen molar-refractivity contribution in [1.29, 1.82) is 0 Å². The number of benzene rings is 2. The summed E-state index contributed by atoms with van der Waals surface area (Å²) in [6.07, 6.45) is 4.79. The van der Waals surface area contributed by atoms with Gasteiger partial charge in [0.25, 0.3) is 0 Å². The van der Waals surface area contributed by atoms with E-state index in [0.29, 0.717) is 0 Å². The summed E-state index contributed by atoms with van der Waals surface area (Å²) in [6, 6.07) is 17.3. The van der Waals surface area contributed by atoms with Gasteiger partial charge >= 0.3 is 0 Å². The lowest BCUT2D eigenvalue weighted by molar-refractivity contribution is 0.480. The van der Waals surface area contributed by atoms with E-state index < -0.39 is 0 Å². The summed E-state index contributed by atoms with van der Waals surface area (Å²) in [4.78, 5) is 11.2. The summed E-state index contributed by atoms with van der Waals surface area (Å²) >= 11 is 5.49. The molecule has 0 radical (unpaired) electrons. The molecule has 0 atom stereocenters. The van der Waals surface area contributed by atoms with Crippen molar-refractivity contribution in [3.8, 4) is 0 Å². The topological polar surface area (TPSA) is 35.2 Å². The lowest BCUT2D eigenvalue weighted by Crippen LogP contribution is -2.30. The SMILES string of the molecule is Brc1ccc2c(c1)SN(CCc1ccccc1)CCN2Cc1c[nH]cn1. The van der Waals surface area contributed by atoms with Crippen LogP contribution in [-0.4, -0.2) is 33.9 Å². The van der Waals surface area contributed by atoms with Gasteiger partial charge in [0.05, 0.1) is 24.3 Å². The summed E-state index contributed by atoms with van der Waals surface area (Å²) in [6.45, 7) is 3.87. The van der Waals surface area contributed by atoms with Crippen molar-refractivity contribution < 1.29 is 0 Å². The van der Waals surface area contributed by atoms with Crippen molar-refractivity contribution in [3.63, 3.8) is 0 Å². The van der Waals surface area contributed by atoms with E-state index in [4.69, 9.17) is 0 Å². The van der Waals surface area contributed by atoms with Crippen LogP contribution < -0.4 is 4.90 Å². The fourth-order valence-corrected chi connectivity index (χ4v) is 4.77. The van der Waals surface area contributed by atoms with Gasteiger partial charge < -0.3 is 9.88 Å².